The standard InChI is InChI=1S/C81H87BN2/c1-52-45-72-74-73(46-52)84(69-39-35-59(80(13,14)57-23-19-17-20-24-57)47-62(69)55-29-27-53(28-30-55)54-31-33-56(34-32-54)75(2,3)4)70-40-36-60(81(15,16)58-25-21-18-22-26-58)48-67(70)82(74)68-50-65-66(79(11,12)44-43-78(65,9)10)51-71(68)83(72)61-37-38-63-64(49-61)77(7,8)42-41-76(63,5)6/h17-40,45-51H,41-44H2,1-16H3/i1D3. The molecule has 0 spiro atoms. The molecule has 0 radical (unpaired) electrons. The Morgan fingerprint density at radius 3 is 1.37 bits per heavy atom. The first-order valence-electron chi connectivity index (χ1n) is 32.6. The fourth-order valence-electron chi connectivity index (χ4n) is 15.1. The van der Waals surface area contributed by atoms with Gasteiger partial charge in [0.2, 0.25) is 0 Å². The van der Waals surface area contributed by atoms with Crippen LogP contribution in [0.25, 0.3) is 22.3 Å². The maximum absolute atomic E-state index is 9.47. The predicted octanol–water partition coefficient (Wildman–Crippen LogP) is 20.1. The maximum atomic E-state index is 9.47. The number of hydrogen-bond acceptors (Lipinski definition) is 2. The van der Waals surface area contributed by atoms with Gasteiger partial charge in [-0.1, -0.05) is 243 Å². The van der Waals surface area contributed by atoms with Gasteiger partial charge in [-0.15, -0.1) is 0 Å². The van der Waals surface area contributed by atoms with Crippen LogP contribution in [0.1, 0.15) is 189 Å². The predicted molar refractivity (Wildman–Crippen MR) is 362 cm³/mol. The van der Waals surface area contributed by atoms with E-state index in [1.54, 1.807) is 0 Å². The summed E-state index contributed by atoms with van der Waals surface area (Å²) in [7, 11) is 0. The van der Waals surface area contributed by atoms with Gasteiger partial charge in [-0.3, -0.25) is 0 Å². The van der Waals surface area contributed by atoms with Gasteiger partial charge in [0.05, 0.1) is 5.69 Å². The first-order valence-corrected chi connectivity index (χ1v) is 31.1. The van der Waals surface area contributed by atoms with Crippen molar-refractivity contribution in [2.75, 3.05) is 9.80 Å². The van der Waals surface area contributed by atoms with Crippen LogP contribution < -0.4 is 26.2 Å². The van der Waals surface area contributed by atoms with Crippen LogP contribution in [0.2, 0.25) is 0 Å². The number of rotatable bonds is 8. The van der Waals surface area contributed by atoms with Crippen molar-refractivity contribution in [2.24, 2.45) is 0 Å². The Bertz CT molecular complexity index is 4180. The first kappa shape index (κ1) is 52.2. The Kier molecular flexibility index (Phi) is 12.0. The Hall–Kier alpha value is -7.36. The van der Waals surface area contributed by atoms with E-state index in [-0.39, 0.29) is 44.6 Å². The van der Waals surface area contributed by atoms with Crippen LogP contribution in [-0.4, -0.2) is 6.71 Å². The monoisotopic (exact) mass is 1100 g/mol. The van der Waals surface area contributed by atoms with Gasteiger partial charge in [-0.2, -0.15) is 0 Å². The molecule has 2 heterocycles. The minimum atomic E-state index is -2.43. The lowest BCUT2D eigenvalue weighted by Crippen LogP contribution is -2.62. The first-order chi connectivity index (χ1) is 40.9. The number of nitrogens with zero attached hydrogens (tertiary/aromatic N) is 2. The van der Waals surface area contributed by atoms with Crippen molar-refractivity contribution in [1.29, 1.82) is 0 Å². The summed E-state index contributed by atoms with van der Waals surface area (Å²) in [6, 6.07) is 70.7. The second-order valence-corrected chi connectivity index (χ2v) is 30.1. The molecular formula is C81H87BN2. The largest absolute Gasteiger partial charge is 0.311 e. The second-order valence-electron chi connectivity index (χ2n) is 30.1. The third-order valence-electron chi connectivity index (χ3n) is 21.1. The van der Waals surface area contributed by atoms with E-state index < -0.39 is 6.85 Å². The highest BCUT2D eigenvalue weighted by molar-refractivity contribution is 7.00. The van der Waals surface area contributed by atoms with E-state index in [1.165, 1.54) is 66.6 Å². The van der Waals surface area contributed by atoms with Crippen LogP contribution in [0.5, 0.6) is 0 Å². The van der Waals surface area contributed by atoms with Crippen molar-refractivity contribution >= 4 is 57.2 Å². The Morgan fingerprint density at radius 1 is 0.369 bits per heavy atom. The Morgan fingerprint density at radius 2 is 0.821 bits per heavy atom. The van der Waals surface area contributed by atoms with Crippen molar-refractivity contribution in [3.63, 3.8) is 0 Å². The molecule has 3 heteroatoms. The molecule has 0 fully saturated rings. The summed E-state index contributed by atoms with van der Waals surface area (Å²) in [4.78, 5) is 4.95. The number of fused-ring (bicyclic) bond motifs is 6. The highest BCUT2D eigenvalue weighted by Gasteiger charge is 2.48. The van der Waals surface area contributed by atoms with Crippen LogP contribution in [-0.2, 0) is 37.9 Å². The molecule has 4 aliphatic rings. The number of benzene rings is 9. The van der Waals surface area contributed by atoms with E-state index >= 15 is 0 Å². The van der Waals surface area contributed by atoms with Gasteiger partial charge in [0.1, 0.15) is 0 Å². The minimum Gasteiger partial charge on any atom is -0.311 e. The maximum Gasteiger partial charge on any atom is 0.252 e. The summed E-state index contributed by atoms with van der Waals surface area (Å²) in [5.41, 5.74) is 25.4. The van der Waals surface area contributed by atoms with E-state index in [1.807, 2.05) is 12.1 Å². The molecule has 0 aromatic heterocycles. The Balaban J connectivity index is 1.13. The molecule has 0 bridgehead atoms. The molecule has 9 aromatic rings. The van der Waals surface area contributed by atoms with Crippen molar-refractivity contribution in [2.45, 2.75) is 174 Å². The van der Waals surface area contributed by atoms with E-state index in [2.05, 4.69) is 290 Å². The molecule has 0 saturated heterocycles. The van der Waals surface area contributed by atoms with Crippen LogP contribution in [0.15, 0.2) is 188 Å². The molecule has 0 N–H and O–H groups in total. The number of anilines is 6. The van der Waals surface area contributed by atoms with Crippen LogP contribution in [0, 0.1) is 6.85 Å². The zero-order chi connectivity index (χ0) is 61.8. The number of hydrogen-bond donors (Lipinski definition) is 0. The van der Waals surface area contributed by atoms with Gasteiger partial charge >= 0.3 is 0 Å². The summed E-state index contributed by atoms with van der Waals surface area (Å²) in [6.45, 7) is 32.9. The second kappa shape index (κ2) is 19.3. The third kappa shape index (κ3) is 9.04. The molecule has 0 amide bonds. The quantitative estimate of drug-likeness (QED) is 0.140. The van der Waals surface area contributed by atoms with Crippen LogP contribution in [0.4, 0.5) is 34.1 Å². The molecule has 2 aliphatic heterocycles. The van der Waals surface area contributed by atoms with Crippen molar-refractivity contribution < 1.29 is 4.11 Å². The molecule has 424 valence electrons. The van der Waals surface area contributed by atoms with Gasteiger partial charge in [0, 0.05) is 48.9 Å². The number of aryl methyl sites for hydroxylation is 1. The van der Waals surface area contributed by atoms with Crippen molar-refractivity contribution in [3.05, 3.63) is 244 Å². The Labute approximate surface area is 508 Å². The van der Waals surface area contributed by atoms with Crippen LogP contribution >= 0.6 is 0 Å². The summed E-state index contributed by atoms with van der Waals surface area (Å²) in [5.74, 6) is 0. The lowest BCUT2D eigenvalue weighted by molar-refractivity contribution is 0.332. The fourth-order valence-corrected chi connectivity index (χ4v) is 15.1. The average molecular weight is 1100 g/mol. The molecule has 84 heavy (non-hydrogen) atoms. The highest BCUT2D eigenvalue weighted by atomic mass is 15.2. The van der Waals surface area contributed by atoms with Gasteiger partial charge in [0.15, 0.2) is 0 Å². The van der Waals surface area contributed by atoms with Gasteiger partial charge in [-0.25, -0.2) is 0 Å². The SMILES string of the molecule is [2H]C([2H])([2H])c1cc2c3c(c1)N(c1ccc(C(C)(C)c4ccccc4)cc1-c1ccc(-c4ccc(C(C)(C)C)cc4)cc1)c1ccc(C(C)(C)c4ccccc4)cc1B3c1cc3c(cc1N2c1ccc2c(c1)C(C)(C)CCC2(C)C)C(C)(C)CCC3(C)C. The van der Waals surface area contributed by atoms with E-state index in [9.17, 15) is 4.11 Å². The molecule has 2 nitrogen and oxygen atoms in total. The van der Waals surface area contributed by atoms with Crippen LogP contribution in [0.3, 0.4) is 0 Å². The van der Waals surface area contributed by atoms with E-state index in [0.717, 1.165) is 82.0 Å². The summed E-state index contributed by atoms with van der Waals surface area (Å²) < 4.78 is 28.4. The summed E-state index contributed by atoms with van der Waals surface area (Å²) >= 11 is 0. The van der Waals surface area contributed by atoms with E-state index in [4.69, 9.17) is 0 Å². The lowest BCUT2D eigenvalue weighted by atomic mass is 9.33. The smallest absolute Gasteiger partial charge is 0.252 e. The normalized spacial score (nSPS) is 17.8. The third-order valence-corrected chi connectivity index (χ3v) is 21.1. The zero-order valence-electron chi connectivity index (χ0n) is 55.7. The molecule has 0 saturated carbocycles. The zero-order valence-corrected chi connectivity index (χ0v) is 52.7. The summed E-state index contributed by atoms with van der Waals surface area (Å²) in [6.07, 6.45) is 4.37. The molecule has 9 aromatic carbocycles. The average Bonchev–Trinajstić information content (AvgIpc) is 0.717. The molecule has 0 atom stereocenters. The van der Waals surface area contributed by atoms with Gasteiger partial charge in [0.25, 0.3) is 6.71 Å². The van der Waals surface area contributed by atoms with Crippen molar-refractivity contribution in [3.8, 4) is 22.3 Å². The molecule has 13 rings (SSSR count). The summed E-state index contributed by atoms with van der Waals surface area (Å²) in [5, 5.41) is 0. The minimum absolute atomic E-state index is 0.0142. The molecule has 0 unspecified atom stereocenters. The lowest BCUT2D eigenvalue weighted by Gasteiger charge is -2.48. The fraction of sp³-hybridized carbons (Fsp3) is 0.333. The topological polar surface area (TPSA) is 6.48 Å². The van der Waals surface area contributed by atoms with Gasteiger partial charge < -0.3 is 9.80 Å². The molecular weight excluding hydrogens is 1010 g/mol. The van der Waals surface area contributed by atoms with E-state index in [0.29, 0.717) is 5.56 Å². The van der Waals surface area contributed by atoms with Gasteiger partial charge in [-0.05, 0) is 197 Å². The molecule has 2 aliphatic carbocycles. The van der Waals surface area contributed by atoms with Crippen molar-refractivity contribution in [1.82, 2.24) is 0 Å². The highest BCUT2D eigenvalue weighted by Crippen LogP contribution is 2.54.